The number of hydrogen-bond donors (Lipinski definition) is 0. The molecule has 0 spiro atoms. The van der Waals surface area contributed by atoms with Crippen molar-refractivity contribution >= 4 is 10.0 Å². The Labute approximate surface area is 158 Å². The quantitative estimate of drug-likeness (QED) is 0.796. The molecule has 2 aliphatic rings. The van der Waals surface area contributed by atoms with Crippen molar-refractivity contribution in [3.05, 3.63) is 42.5 Å². The van der Waals surface area contributed by atoms with E-state index < -0.39 is 10.0 Å². The highest BCUT2D eigenvalue weighted by Crippen LogP contribution is 2.34. The third kappa shape index (κ3) is 3.68. The summed E-state index contributed by atoms with van der Waals surface area (Å²) in [5.74, 6) is 2.31. The van der Waals surface area contributed by atoms with Crippen molar-refractivity contribution in [2.45, 2.75) is 17.4 Å². The molecule has 7 nitrogen and oxygen atoms in total. The first-order valence-electron chi connectivity index (χ1n) is 8.78. The standard InChI is InChI=1S/C19H21NO6S/c1-20(12-14-13-25-16-5-2-3-6-18(16)26-14)27(21,22)15-7-8-17-19(11-15)24-10-4-9-23-17/h2-3,5-8,11,14H,4,9-10,12-13H2,1H3/t14-/m1/s1. The molecule has 0 saturated carbocycles. The Hall–Kier alpha value is -2.45. The number of ether oxygens (including phenoxy) is 4. The Morgan fingerprint density at radius 1 is 0.963 bits per heavy atom. The highest BCUT2D eigenvalue weighted by atomic mass is 32.2. The average molecular weight is 391 g/mol. The van der Waals surface area contributed by atoms with E-state index in [1.54, 1.807) is 12.1 Å². The maximum atomic E-state index is 13.0. The molecule has 2 aromatic carbocycles. The van der Waals surface area contributed by atoms with Crippen LogP contribution in [0.15, 0.2) is 47.4 Å². The lowest BCUT2D eigenvalue weighted by Gasteiger charge is -2.29. The zero-order chi connectivity index (χ0) is 18.9. The molecule has 0 unspecified atom stereocenters. The largest absolute Gasteiger partial charge is 0.490 e. The number of sulfonamides is 1. The van der Waals surface area contributed by atoms with Crippen LogP contribution in [0.2, 0.25) is 0 Å². The van der Waals surface area contributed by atoms with Gasteiger partial charge in [-0.3, -0.25) is 0 Å². The van der Waals surface area contributed by atoms with Gasteiger partial charge in [-0.1, -0.05) is 12.1 Å². The number of rotatable bonds is 4. The van der Waals surface area contributed by atoms with E-state index in [1.807, 2.05) is 18.2 Å². The first-order chi connectivity index (χ1) is 13.0. The fourth-order valence-electron chi connectivity index (χ4n) is 3.02. The zero-order valence-corrected chi connectivity index (χ0v) is 15.8. The molecule has 0 radical (unpaired) electrons. The summed E-state index contributed by atoms with van der Waals surface area (Å²) in [6, 6.07) is 12.0. The highest BCUT2D eigenvalue weighted by molar-refractivity contribution is 7.89. The normalized spacial score (nSPS) is 18.8. The molecule has 8 heteroatoms. The van der Waals surface area contributed by atoms with Gasteiger partial charge in [0.25, 0.3) is 0 Å². The second-order valence-electron chi connectivity index (χ2n) is 6.44. The molecule has 2 aliphatic heterocycles. The minimum atomic E-state index is -3.70. The summed E-state index contributed by atoms with van der Waals surface area (Å²) in [5.41, 5.74) is 0. The van der Waals surface area contributed by atoms with Gasteiger partial charge in [-0.25, -0.2) is 8.42 Å². The van der Waals surface area contributed by atoms with E-state index in [2.05, 4.69) is 0 Å². The molecule has 0 bridgehead atoms. The van der Waals surface area contributed by atoms with Crippen LogP contribution in [0.4, 0.5) is 0 Å². The van der Waals surface area contributed by atoms with Crippen molar-refractivity contribution in [3.63, 3.8) is 0 Å². The van der Waals surface area contributed by atoms with Crippen LogP contribution in [0, 0.1) is 0 Å². The van der Waals surface area contributed by atoms with Gasteiger partial charge in [-0.2, -0.15) is 4.31 Å². The van der Waals surface area contributed by atoms with Gasteiger partial charge >= 0.3 is 0 Å². The van der Waals surface area contributed by atoms with Crippen LogP contribution in [0.1, 0.15) is 6.42 Å². The molecule has 0 N–H and O–H groups in total. The lowest BCUT2D eigenvalue weighted by atomic mass is 10.2. The summed E-state index contributed by atoms with van der Waals surface area (Å²) in [6.07, 6.45) is 0.372. The maximum absolute atomic E-state index is 13.0. The Balaban J connectivity index is 1.50. The van der Waals surface area contributed by atoms with E-state index in [0.717, 1.165) is 6.42 Å². The summed E-state index contributed by atoms with van der Waals surface area (Å²) in [5, 5.41) is 0. The van der Waals surface area contributed by atoms with E-state index in [9.17, 15) is 8.42 Å². The predicted molar refractivity (Wildman–Crippen MR) is 98.2 cm³/mol. The number of nitrogens with zero attached hydrogens (tertiary/aromatic N) is 1. The van der Waals surface area contributed by atoms with Crippen molar-refractivity contribution in [3.8, 4) is 23.0 Å². The van der Waals surface area contributed by atoms with E-state index >= 15 is 0 Å². The van der Waals surface area contributed by atoms with Gasteiger partial charge < -0.3 is 18.9 Å². The van der Waals surface area contributed by atoms with Gasteiger partial charge in [0.15, 0.2) is 23.0 Å². The fraction of sp³-hybridized carbons (Fsp3) is 0.368. The second kappa shape index (κ2) is 7.28. The Bertz CT molecular complexity index is 930. The van der Waals surface area contributed by atoms with Crippen LogP contribution in [-0.2, 0) is 10.0 Å². The lowest BCUT2D eigenvalue weighted by Crippen LogP contribution is -2.41. The molecule has 144 valence electrons. The van der Waals surface area contributed by atoms with Crippen LogP contribution < -0.4 is 18.9 Å². The zero-order valence-electron chi connectivity index (χ0n) is 15.0. The van der Waals surface area contributed by atoms with Crippen LogP contribution in [0.3, 0.4) is 0 Å². The molecule has 4 rings (SSSR count). The monoisotopic (exact) mass is 391 g/mol. The fourth-order valence-corrected chi connectivity index (χ4v) is 4.24. The Kier molecular flexibility index (Phi) is 4.84. The van der Waals surface area contributed by atoms with Crippen LogP contribution in [0.5, 0.6) is 23.0 Å². The SMILES string of the molecule is CN(C[C@@H]1COc2ccccc2O1)S(=O)(=O)c1ccc2c(c1)OCCCO2. The van der Waals surface area contributed by atoms with E-state index in [0.29, 0.717) is 36.2 Å². The van der Waals surface area contributed by atoms with Gasteiger partial charge in [-0.15, -0.1) is 0 Å². The number of para-hydroxylation sites is 2. The predicted octanol–water partition coefficient (Wildman–Crippen LogP) is 2.31. The van der Waals surface area contributed by atoms with Crippen molar-refractivity contribution < 1.29 is 27.4 Å². The highest BCUT2D eigenvalue weighted by Gasteiger charge is 2.29. The lowest BCUT2D eigenvalue weighted by molar-refractivity contribution is 0.0798. The minimum Gasteiger partial charge on any atom is -0.490 e. The molecule has 0 aromatic heterocycles. The summed E-state index contributed by atoms with van der Waals surface area (Å²) in [6.45, 7) is 1.52. The third-order valence-electron chi connectivity index (χ3n) is 4.46. The van der Waals surface area contributed by atoms with Gasteiger partial charge in [0.1, 0.15) is 12.7 Å². The van der Waals surface area contributed by atoms with Crippen molar-refractivity contribution in [1.29, 1.82) is 0 Å². The van der Waals surface area contributed by atoms with E-state index in [4.69, 9.17) is 18.9 Å². The third-order valence-corrected chi connectivity index (χ3v) is 6.27. The van der Waals surface area contributed by atoms with Gasteiger partial charge in [-0.05, 0) is 24.3 Å². The Morgan fingerprint density at radius 2 is 1.67 bits per heavy atom. The van der Waals surface area contributed by atoms with Crippen molar-refractivity contribution in [1.82, 2.24) is 4.31 Å². The number of benzene rings is 2. The first kappa shape index (κ1) is 17.9. The smallest absolute Gasteiger partial charge is 0.243 e. The van der Waals surface area contributed by atoms with Gasteiger partial charge in [0.2, 0.25) is 10.0 Å². The molecular formula is C19H21NO6S. The van der Waals surface area contributed by atoms with Crippen molar-refractivity contribution in [2.24, 2.45) is 0 Å². The topological polar surface area (TPSA) is 74.3 Å². The molecular weight excluding hydrogens is 370 g/mol. The van der Waals surface area contributed by atoms with Crippen LogP contribution >= 0.6 is 0 Å². The maximum Gasteiger partial charge on any atom is 0.243 e. The second-order valence-corrected chi connectivity index (χ2v) is 8.49. The minimum absolute atomic E-state index is 0.159. The summed E-state index contributed by atoms with van der Waals surface area (Å²) >= 11 is 0. The molecule has 2 heterocycles. The summed E-state index contributed by atoms with van der Waals surface area (Å²) in [7, 11) is -2.17. The summed E-state index contributed by atoms with van der Waals surface area (Å²) in [4.78, 5) is 0.159. The molecule has 0 fully saturated rings. The van der Waals surface area contributed by atoms with Gasteiger partial charge in [0, 0.05) is 19.5 Å². The first-order valence-corrected chi connectivity index (χ1v) is 10.2. The van der Waals surface area contributed by atoms with Gasteiger partial charge in [0.05, 0.1) is 24.7 Å². The molecule has 0 aliphatic carbocycles. The molecule has 27 heavy (non-hydrogen) atoms. The number of hydrogen-bond acceptors (Lipinski definition) is 6. The molecule has 2 aromatic rings. The van der Waals surface area contributed by atoms with Crippen LogP contribution in [0.25, 0.3) is 0 Å². The molecule has 0 amide bonds. The average Bonchev–Trinajstić information content (AvgIpc) is 2.92. The van der Waals surface area contributed by atoms with Crippen molar-refractivity contribution in [2.75, 3.05) is 33.4 Å². The van der Waals surface area contributed by atoms with E-state index in [1.165, 1.54) is 23.5 Å². The number of fused-ring (bicyclic) bond motifs is 2. The van der Waals surface area contributed by atoms with E-state index in [-0.39, 0.29) is 24.2 Å². The number of likely N-dealkylation sites (N-methyl/N-ethyl adjacent to an activating group) is 1. The molecule has 0 saturated heterocycles. The Morgan fingerprint density at radius 3 is 2.48 bits per heavy atom. The molecule has 1 atom stereocenters. The van der Waals surface area contributed by atoms with Crippen LogP contribution in [-0.4, -0.2) is 52.2 Å². The summed E-state index contributed by atoms with van der Waals surface area (Å²) < 4.78 is 49.9.